The van der Waals surface area contributed by atoms with E-state index in [1.807, 2.05) is 43.9 Å². The predicted molar refractivity (Wildman–Crippen MR) is 116 cm³/mol. The van der Waals surface area contributed by atoms with Crippen LogP contribution in [0.5, 0.6) is 5.75 Å². The van der Waals surface area contributed by atoms with Crippen LogP contribution in [0.2, 0.25) is 0 Å². The molecule has 4 rings (SSSR count). The van der Waals surface area contributed by atoms with Crippen LogP contribution >= 0.6 is 0 Å². The molecule has 0 saturated heterocycles. The van der Waals surface area contributed by atoms with E-state index in [4.69, 9.17) is 4.74 Å². The minimum atomic E-state index is -0.509. The Kier molecular flexibility index (Phi) is 5.32. The molecule has 0 aliphatic rings. The summed E-state index contributed by atoms with van der Waals surface area (Å²) >= 11 is 0. The van der Waals surface area contributed by atoms with E-state index in [9.17, 15) is 9.18 Å². The standard InChI is InChI=1S/C23H24FN5O2/c1-14-6-20(24)19(15(2)30)7-18(14)16-9-26-29(13-16)23-10-25-22-8-21(31-5)17(11-27(3)4)12-28(22)23/h6-10,12-13H,11H2,1-5H3. The summed E-state index contributed by atoms with van der Waals surface area (Å²) in [4.78, 5) is 18.3. The highest BCUT2D eigenvalue weighted by Gasteiger charge is 2.16. The third-order valence-corrected chi connectivity index (χ3v) is 5.20. The number of carbonyl (C=O) groups excluding carboxylic acids is 1. The number of ketones is 1. The summed E-state index contributed by atoms with van der Waals surface area (Å²) < 4.78 is 23.3. The maximum Gasteiger partial charge on any atom is 0.162 e. The van der Waals surface area contributed by atoms with Crippen LogP contribution in [0.15, 0.2) is 43.0 Å². The van der Waals surface area contributed by atoms with Gasteiger partial charge >= 0.3 is 0 Å². The van der Waals surface area contributed by atoms with Crippen molar-refractivity contribution in [1.29, 1.82) is 0 Å². The van der Waals surface area contributed by atoms with Gasteiger partial charge in [0, 0.05) is 36.1 Å². The molecular weight excluding hydrogens is 397 g/mol. The first kappa shape index (κ1) is 20.7. The fourth-order valence-electron chi connectivity index (χ4n) is 3.69. The van der Waals surface area contributed by atoms with Crippen molar-refractivity contribution >= 4 is 11.4 Å². The Hall–Kier alpha value is -3.52. The van der Waals surface area contributed by atoms with Crippen LogP contribution in [0.4, 0.5) is 4.39 Å². The number of imidazole rings is 1. The quantitative estimate of drug-likeness (QED) is 0.442. The fraction of sp³-hybridized carbons (Fsp3) is 0.261. The first-order valence-electron chi connectivity index (χ1n) is 9.83. The molecule has 0 atom stereocenters. The van der Waals surface area contributed by atoms with E-state index in [1.54, 1.807) is 30.3 Å². The van der Waals surface area contributed by atoms with Crippen LogP contribution in [0.25, 0.3) is 22.6 Å². The molecule has 0 fully saturated rings. The average molecular weight is 421 g/mol. The number of Topliss-reactive ketones (excluding diaryl/α,β-unsaturated/α-hetero) is 1. The first-order valence-corrected chi connectivity index (χ1v) is 9.83. The second-order valence-corrected chi connectivity index (χ2v) is 7.83. The SMILES string of the molecule is COc1cc2ncc(-n3cc(-c4cc(C(C)=O)c(F)cc4C)cn3)n2cc1CN(C)C. The highest BCUT2D eigenvalue weighted by atomic mass is 19.1. The van der Waals surface area contributed by atoms with E-state index in [0.29, 0.717) is 6.54 Å². The summed E-state index contributed by atoms with van der Waals surface area (Å²) in [5.41, 5.74) is 4.12. The van der Waals surface area contributed by atoms with Crippen molar-refractivity contribution in [1.82, 2.24) is 24.1 Å². The van der Waals surface area contributed by atoms with E-state index in [-0.39, 0.29) is 11.3 Å². The lowest BCUT2D eigenvalue weighted by Gasteiger charge is -2.14. The van der Waals surface area contributed by atoms with Gasteiger partial charge in [0.15, 0.2) is 11.6 Å². The van der Waals surface area contributed by atoms with Gasteiger partial charge in [-0.3, -0.25) is 9.20 Å². The lowest BCUT2D eigenvalue weighted by molar-refractivity contribution is 0.101. The number of pyridine rings is 1. The minimum Gasteiger partial charge on any atom is -0.496 e. The number of aryl methyl sites for hydroxylation is 1. The molecular formula is C23H24FN5O2. The van der Waals surface area contributed by atoms with Gasteiger partial charge in [-0.15, -0.1) is 0 Å². The molecule has 0 saturated carbocycles. The zero-order chi connectivity index (χ0) is 22.3. The molecule has 3 heterocycles. The number of rotatable bonds is 6. The molecule has 0 amide bonds. The molecule has 0 aliphatic heterocycles. The van der Waals surface area contributed by atoms with E-state index in [1.165, 1.54) is 13.0 Å². The third kappa shape index (κ3) is 3.82. The Morgan fingerprint density at radius 2 is 1.97 bits per heavy atom. The van der Waals surface area contributed by atoms with Gasteiger partial charge in [0.2, 0.25) is 0 Å². The molecule has 0 radical (unpaired) electrons. The van der Waals surface area contributed by atoms with Crippen molar-refractivity contribution in [2.24, 2.45) is 0 Å². The maximum atomic E-state index is 14.1. The second-order valence-electron chi connectivity index (χ2n) is 7.83. The highest BCUT2D eigenvalue weighted by molar-refractivity contribution is 5.96. The van der Waals surface area contributed by atoms with Gasteiger partial charge in [-0.2, -0.15) is 5.10 Å². The van der Waals surface area contributed by atoms with E-state index >= 15 is 0 Å². The van der Waals surface area contributed by atoms with E-state index in [2.05, 4.69) is 15.0 Å². The van der Waals surface area contributed by atoms with Crippen LogP contribution in [0, 0.1) is 12.7 Å². The Morgan fingerprint density at radius 1 is 1.19 bits per heavy atom. The normalized spacial score (nSPS) is 11.5. The number of methoxy groups -OCH3 is 1. The average Bonchev–Trinajstić information content (AvgIpc) is 3.33. The second kappa shape index (κ2) is 7.96. The topological polar surface area (TPSA) is 64.7 Å². The summed E-state index contributed by atoms with van der Waals surface area (Å²) in [6, 6.07) is 4.87. The molecule has 4 aromatic rings. The van der Waals surface area contributed by atoms with Crippen LogP contribution in [-0.2, 0) is 6.54 Å². The van der Waals surface area contributed by atoms with Crippen molar-refractivity contribution in [2.75, 3.05) is 21.2 Å². The predicted octanol–water partition coefficient (Wildman–Crippen LogP) is 3.91. The molecule has 1 aromatic carbocycles. The molecule has 8 heteroatoms. The van der Waals surface area contributed by atoms with Gasteiger partial charge in [0.1, 0.15) is 17.2 Å². The number of nitrogens with zero attached hydrogens (tertiary/aromatic N) is 5. The van der Waals surface area contributed by atoms with Gasteiger partial charge in [-0.25, -0.2) is 14.1 Å². The van der Waals surface area contributed by atoms with Crippen molar-refractivity contribution < 1.29 is 13.9 Å². The number of fused-ring (bicyclic) bond motifs is 1. The monoisotopic (exact) mass is 421 g/mol. The molecule has 0 bridgehead atoms. The number of hydrogen-bond acceptors (Lipinski definition) is 5. The number of aromatic nitrogens is 4. The van der Waals surface area contributed by atoms with E-state index in [0.717, 1.165) is 39.5 Å². The number of hydrogen-bond donors (Lipinski definition) is 0. The van der Waals surface area contributed by atoms with Gasteiger partial charge in [0.25, 0.3) is 0 Å². The smallest absolute Gasteiger partial charge is 0.162 e. The van der Waals surface area contributed by atoms with Crippen molar-refractivity contribution in [2.45, 2.75) is 20.4 Å². The zero-order valence-electron chi connectivity index (χ0n) is 18.2. The van der Waals surface area contributed by atoms with Gasteiger partial charge in [0.05, 0.1) is 25.1 Å². The molecule has 7 nitrogen and oxygen atoms in total. The molecule has 0 N–H and O–H groups in total. The Bertz CT molecular complexity index is 1290. The zero-order valence-corrected chi connectivity index (χ0v) is 18.2. The van der Waals surface area contributed by atoms with Gasteiger partial charge in [-0.05, 0) is 51.2 Å². The fourth-order valence-corrected chi connectivity index (χ4v) is 3.69. The van der Waals surface area contributed by atoms with Gasteiger partial charge < -0.3 is 9.64 Å². The minimum absolute atomic E-state index is 0.0728. The summed E-state index contributed by atoms with van der Waals surface area (Å²) in [7, 11) is 5.64. The summed E-state index contributed by atoms with van der Waals surface area (Å²) in [6.07, 6.45) is 7.29. The third-order valence-electron chi connectivity index (χ3n) is 5.20. The van der Waals surface area contributed by atoms with Crippen molar-refractivity contribution in [3.8, 4) is 22.7 Å². The molecule has 0 unspecified atom stereocenters. The summed E-state index contributed by atoms with van der Waals surface area (Å²) in [5.74, 6) is 0.717. The lowest BCUT2D eigenvalue weighted by atomic mass is 9.98. The molecule has 31 heavy (non-hydrogen) atoms. The van der Waals surface area contributed by atoms with E-state index < -0.39 is 5.82 Å². The Labute approximate surface area is 179 Å². The van der Waals surface area contributed by atoms with Crippen LogP contribution in [-0.4, -0.2) is 51.1 Å². The number of halogens is 1. The summed E-state index contributed by atoms with van der Waals surface area (Å²) in [6.45, 7) is 3.89. The number of carbonyl (C=O) groups is 1. The Balaban J connectivity index is 1.79. The van der Waals surface area contributed by atoms with Crippen LogP contribution in [0.3, 0.4) is 0 Å². The molecule has 3 aromatic heterocycles. The number of benzene rings is 1. The van der Waals surface area contributed by atoms with Crippen molar-refractivity contribution in [3.05, 3.63) is 65.5 Å². The van der Waals surface area contributed by atoms with Crippen LogP contribution in [0.1, 0.15) is 28.4 Å². The largest absolute Gasteiger partial charge is 0.496 e. The lowest BCUT2D eigenvalue weighted by Crippen LogP contribution is -2.12. The summed E-state index contributed by atoms with van der Waals surface area (Å²) in [5, 5.41) is 4.49. The van der Waals surface area contributed by atoms with Crippen molar-refractivity contribution in [3.63, 3.8) is 0 Å². The molecule has 0 spiro atoms. The first-order chi connectivity index (χ1) is 14.8. The highest BCUT2D eigenvalue weighted by Crippen LogP contribution is 2.28. The van der Waals surface area contributed by atoms with Crippen LogP contribution < -0.4 is 4.74 Å². The number of ether oxygens (including phenoxy) is 1. The molecule has 160 valence electrons. The van der Waals surface area contributed by atoms with Gasteiger partial charge in [-0.1, -0.05) is 0 Å². The maximum absolute atomic E-state index is 14.1. The molecule has 0 aliphatic carbocycles. The Morgan fingerprint density at radius 3 is 2.65 bits per heavy atom.